The number of nitrogens with zero attached hydrogens (tertiary/aromatic N) is 1. The van der Waals surface area contributed by atoms with Gasteiger partial charge < -0.3 is 5.73 Å². The quantitative estimate of drug-likeness (QED) is 0.826. The highest BCUT2D eigenvalue weighted by atomic mass is 79.9. The lowest BCUT2D eigenvalue weighted by Crippen LogP contribution is -2.25. The summed E-state index contributed by atoms with van der Waals surface area (Å²) in [4.78, 5) is 3.97. The zero-order valence-electron chi connectivity index (χ0n) is 10.7. The molecule has 2 N–H and O–H groups in total. The third kappa shape index (κ3) is 3.19. The minimum atomic E-state index is 0.730. The minimum absolute atomic E-state index is 0.730. The van der Waals surface area contributed by atoms with Gasteiger partial charge in [-0.15, -0.1) is 11.3 Å². The summed E-state index contributed by atoms with van der Waals surface area (Å²) in [6.45, 7) is 1.96. The molecular weight excluding hydrogens is 320 g/mol. The van der Waals surface area contributed by atoms with Crippen LogP contribution in [0.5, 0.6) is 0 Å². The van der Waals surface area contributed by atoms with Gasteiger partial charge in [0.15, 0.2) is 0 Å². The van der Waals surface area contributed by atoms with Crippen molar-refractivity contribution in [2.75, 3.05) is 5.73 Å². The second-order valence-corrected chi connectivity index (χ2v) is 6.91. The summed E-state index contributed by atoms with van der Waals surface area (Å²) in [6, 6.07) is 11.1. The molecule has 0 radical (unpaired) electrons. The number of nitrogens with two attached hydrogens (primary N) is 1. The number of hydrogen-bond donors (Lipinski definition) is 1. The largest absolute Gasteiger partial charge is 0.398 e. The third-order valence-corrected chi connectivity index (χ3v) is 5.12. The fourth-order valence-electron chi connectivity index (χ4n) is 2.30. The molecular formula is C15H17BrN2S. The number of thiophene rings is 1. The van der Waals surface area contributed by atoms with Gasteiger partial charge in [-0.25, -0.2) is 0 Å². The summed E-state index contributed by atoms with van der Waals surface area (Å²) in [7, 11) is 0. The highest BCUT2D eigenvalue weighted by Crippen LogP contribution is 2.33. The van der Waals surface area contributed by atoms with Crippen LogP contribution in [0.3, 0.4) is 0 Å². The number of hydrogen-bond acceptors (Lipinski definition) is 3. The first-order valence-electron chi connectivity index (χ1n) is 6.53. The van der Waals surface area contributed by atoms with E-state index in [1.807, 2.05) is 23.5 Å². The first kappa shape index (κ1) is 13.2. The van der Waals surface area contributed by atoms with Crippen LogP contribution < -0.4 is 5.73 Å². The van der Waals surface area contributed by atoms with Gasteiger partial charge in [0.25, 0.3) is 0 Å². The molecule has 1 aliphatic rings. The van der Waals surface area contributed by atoms with E-state index < -0.39 is 0 Å². The van der Waals surface area contributed by atoms with Gasteiger partial charge in [0.2, 0.25) is 0 Å². The second-order valence-electron chi connectivity index (χ2n) is 5.02. The maximum absolute atomic E-state index is 6.11. The van der Waals surface area contributed by atoms with Gasteiger partial charge in [-0.1, -0.05) is 28.1 Å². The number of rotatable bonds is 5. The smallest absolute Gasteiger partial charge is 0.0371 e. The number of nitrogen functional groups attached to an aromatic ring is 1. The Morgan fingerprint density at radius 1 is 1.21 bits per heavy atom. The Bertz CT molecular complexity index is 529. The highest BCUT2D eigenvalue weighted by molar-refractivity contribution is 9.10. The van der Waals surface area contributed by atoms with E-state index in [0.29, 0.717) is 0 Å². The first-order chi connectivity index (χ1) is 9.24. The van der Waals surface area contributed by atoms with E-state index in [2.05, 4.69) is 44.4 Å². The number of benzene rings is 1. The minimum Gasteiger partial charge on any atom is -0.398 e. The Hall–Kier alpha value is -0.840. The molecule has 0 bridgehead atoms. The molecule has 4 heteroatoms. The molecule has 0 saturated heterocycles. The van der Waals surface area contributed by atoms with Crippen molar-refractivity contribution in [1.29, 1.82) is 0 Å². The topological polar surface area (TPSA) is 29.3 Å². The van der Waals surface area contributed by atoms with Gasteiger partial charge in [-0.05, 0) is 36.4 Å². The molecule has 1 heterocycles. The highest BCUT2D eigenvalue weighted by Gasteiger charge is 2.29. The molecule has 3 rings (SSSR count). The van der Waals surface area contributed by atoms with Gasteiger partial charge in [-0.3, -0.25) is 4.90 Å². The fourth-order valence-corrected chi connectivity index (χ4v) is 3.54. The summed E-state index contributed by atoms with van der Waals surface area (Å²) in [6.07, 6.45) is 2.63. The predicted octanol–water partition coefficient (Wildman–Crippen LogP) is 4.26. The van der Waals surface area contributed by atoms with Crippen LogP contribution in [0.25, 0.3) is 0 Å². The van der Waals surface area contributed by atoms with E-state index in [9.17, 15) is 0 Å². The molecule has 2 nitrogen and oxygen atoms in total. The maximum atomic E-state index is 6.11. The zero-order chi connectivity index (χ0) is 13.2. The first-order valence-corrected chi connectivity index (χ1v) is 8.20. The van der Waals surface area contributed by atoms with Crippen LogP contribution in [0.1, 0.15) is 23.3 Å². The van der Waals surface area contributed by atoms with Crippen molar-refractivity contribution in [3.05, 3.63) is 50.6 Å². The summed E-state index contributed by atoms with van der Waals surface area (Å²) in [5, 5.41) is 2.15. The number of halogens is 1. The molecule has 0 unspecified atom stereocenters. The standard InChI is InChI=1S/C15H17BrN2S/c16-14-4-1-5-15(17)13(14)10-18(11-6-7-11)9-12-3-2-8-19-12/h1-5,8,11H,6-7,9-10,17H2. The van der Waals surface area contributed by atoms with Crippen molar-refractivity contribution in [1.82, 2.24) is 4.90 Å². The molecule has 0 aliphatic heterocycles. The van der Waals surface area contributed by atoms with Gasteiger partial charge >= 0.3 is 0 Å². The Balaban J connectivity index is 1.78. The molecule has 19 heavy (non-hydrogen) atoms. The Morgan fingerprint density at radius 3 is 2.68 bits per heavy atom. The van der Waals surface area contributed by atoms with E-state index in [-0.39, 0.29) is 0 Å². The van der Waals surface area contributed by atoms with E-state index in [4.69, 9.17) is 5.73 Å². The van der Waals surface area contributed by atoms with Crippen LogP contribution in [-0.4, -0.2) is 10.9 Å². The van der Waals surface area contributed by atoms with Crippen molar-refractivity contribution in [3.63, 3.8) is 0 Å². The monoisotopic (exact) mass is 336 g/mol. The molecule has 2 aromatic rings. The van der Waals surface area contributed by atoms with Crippen LogP contribution in [0.15, 0.2) is 40.2 Å². The molecule has 1 fully saturated rings. The van der Waals surface area contributed by atoms with Gasteiger partial charge in [-0.2, -0.15) is 0 Å². The molecule has 1 aromatic carbocycles. The Morgan fingerprint density at radius 2 is 2.05 bits per heavy atom. The molecule has 0 amide bonds. The van der Waals surface area contributed by atoms with Gasteiger partial charge in [0.05, 0.1) is 0 Å². The summed E-state index contributed by atoms with van der Waals surface area (Å²) < 4.78 is 1.12. The van der Waals surface area contributed by atoms with Crippen molar-refractivity contribution in [3.8, 4) is 0 Å². The number of anilines is 1. The molecule has 1 aromatic heterocycles. The maximum Gasteiger partial charge on any atom is 0.0371 e. The average Bonchev–Trinajstić information content (AvgIpc) is 3.11. The second kappa shape index (κ2) is 5.65. The van der Waals surface area contributed by atoms with Gasteiger partial charge in [0.1, 0.15) is 0 Å². The van der Waals surface area contributed by atoms with Crippen molar-refractivity contribution in [2.45, 2.75) is 32.0 Å². The Labute approximate surface area is 126 Å². The van der Waals surface area contributed by atoms with Crippen LogP contribution in [0.2, 0.25) is 0 Å². The molecule has 100 valence electrons. The summed E-state index contributed by atoms with van der Waals surface area (Å²) in [5.41, 5.74) is 8.20. The van der Waals surface area contributed by atoms with Crippen molar-refractivity contribution < 1.29 is 0 Å². The fraction of sp³-hybridized carbons (Fsp3) is 0.333. The Kier molecular flexibility index (Phi) is 3.91. The van der Waals surface area contributed by atoms with Crippen molar-refractivity contribution >= 4 is 33.0 Å². The van der Waals surface area contributed by atoms with Crippen LogP contribution in [0.4, 0.5) is 5.69 Å². The zero-order valence-corrected chi connectivity index (χ0v) is 13.1. The van der Waals surface area contributed by atoms with E-state index in [0.717, 1.165) is 29.3 Å². The van der Waals surface area contributed by atoms with E-state index in [1.165, 1.54) is 23.3 Å². The van der Waals surface area contributed by atoms with Crippen LogP contribution >= 0.6 is 27.3 Å². The third-order valence-electron chi connectivity index (χ3n) is 3.52. The van der Waals surface area contributed by atoms with Crippen LogP contribution in [0, 0.1) is 0 Å². The lowest BCUT2D eigenvalue weighted by molar-refractivity contribution is 0.248. The average molecular weight is 337 g/mol. The SMILES string of the molecule is Nc1cccc(Br)c1CN(Cc1cccs1)C1CC1. The lowest BCUT2D eigenvalue weighted by Gasteiger charge is -2.23. The lowest BCUT2D eigenvalue weighted by atomic mass is 10.1. The predicted molar refractivity (Wildman–Crippen MR) is 85.1 cm³/mol. The summed E-state index contributed by atoms with van der Waals surface area (Å²) in [5.74, 6) is 0. The van der Waals surface area contributed by atoms with Crippen LogP contribution in [-0.2, 0) is 13.1 Å². The van der Waals surface area contributed by atoms with E-state index >= 15 is 0 Å². The molecule has 0 spiro atoms. The van der Waals surface area contributed by atoms with E-state index in [1.54, 1.807) is 0 Å². The molecule has 0 atom stereocenters. The molecule has 1 aliphatic carbocycles. The summed E-state index contributed by atoms with van der Waals surface area (Å²) >= 11 is 5.45. The van der Waals surface area contributed by atoms with Crippen molar-refractivity contribution in [2.24, 2.45) is 0 Å². The van der Waals surface area contributed by atoms with Gasteiger partial charge in [0, 0.05) is 39.7 Å². The molecule has 1 saturated carbocycles. The normalized spacial score (nSPS) is 15.1.